The highest BCUT2D eigenvalue weighted by atomic mass is 16.6. The van der Waals surface area contributed by atoms with Crippen molar-refractivity contribution in [2.45, 2.75) is 90.2 Å². The molecule has 2 aromatic heterocycles. The van der Waals surface area contributed by atoms with Crippen LogP contribution in [-0.2, 0) is 34.5 Å². The number of benzene rings is 1. The van der Waals surface area contributed by atoms with Gasteiger partial charge in [0.2, 0.25) is 0 Å². The summed E-state index contributed by atoms with van der Waals surface area (Å²) in [6.45, 7) is 4.19. The number of aryl methyl sites for hydroxylation is 1. The molecule has 0 saturated heterocycles. The van der Waals surface area contributed by atoms with Gasteiger partial charge in [-0.3, -0.25) is 9.48 Å². The second kappa shape index (κ2) is 15.4. The van der Waals surface area contributed by atoms with Crippen molar-refractivity contribution < 1.29 is 33.3 Å². The first kappa shape index (κ1) is 33.9. The zero-order valence-corrected chi connectivity index (χ0v) is 28.3. The summed E-state index contributed by atoms with van der Waals surface area (Å²) in [5.41, 5.74) is 3.03. The van der Waals surface area contributed by atoms with Gasteiger partial charge in [-0.25, -0.2) is 9.78 Å². The van der Waals surface area contributed by atoms with E-state index in [1.54, 1.807) is 37.0 Å². The van der Waals surface area contributed by atoms with Crippen LogP contribution in [0.25, 0.3) is 11.3 Å². The molecule has 3 aromatic rings. The summed E-state index contributed by atoms with van der Waals surface area (Å²) in [5.74, 6) is 2.10. The molecule has 12 nitrogen and oxygen atoms in total. The first-order chi connectivity index (χ1) is 22.7. The lowest BCUT2D eigenvalue weighted by atomic mass is 9.87. The highest BCUT2D eigenvalue weighted by Gasteiger charge is 2.31. The average Bonchev–Trinajstić information content (AvgIpc) is 3.41. The maximum absolute atomic E-state index is 12.7. The molecule has 2 saturated carbocycles. The van der Waals surface area contributed by atoms with Gasteiger partial charge in [0.25, 0.3) is 0 Å². The van der Waals surface area contributed by atoms with Crippen LogP contribution in [0.5, 0.6) is 17.2 Å². The van der Waals surface area contributed by atoms with Crippen molar-refractivity contribution in [3.63, 3.8) is 0 Å². The first-order valence-corrected chi connectivity index (χ1v) is 16.4. The van der Waals surface area contributed by atoms with Crippen LogP contribution in [0.1, 0.15) is 70.1 Å². The van der Waals surface area contributed by atoms with Gasteiger partial charge in [-0.15, -0.1) is 0 Å². The van der Waals surface area contributed by atoms with E-state index in [-0.39, 0.29) is 42.8 Å². The predicted molar refractivity (Wildman–Crippen MR) is 177 cm³/mol. The van der Waals surface area contributed by atoms with Crippen molar-refractivity contribution in [1.82, 2.24) is 19.7 Å². The van der Waals surface area contributed by atoms with Crippen LogP contribution in [0, 0.1) is 5.92 Å². The van der Waals surface area contributed by atoms with E-state index in [0.29, 0.717) is 41.7 Å². The number of methoxy groups -OCH3 is 2. The number of nitrogens with zero attached hydrogens (tertiary/aromatic N) is 4. The molecule has 1 aromatic carbocycles. The molecule has 0 aliphatic heterocycles. The summed E-state index contributed by atoms with van der Waals surface area (Å²) < 4.78 is 30.4. The Labute approximate surface area is 276 Å². The van der Waals surface area contributed by atoms with Gasteiger partial charge in [0, 0.05) is 43.9 Å². The highest BCUT2D eigenvalue weighted by Crippen LogP contribution is 2.35. The van der Waals surface area contributed by atoms with Gasteiger partial charge in [-0.2, -0.15) is 5.10 Å². The first-order valence-electron chi connectivity index (χ1n) is 16.4. The van der Waals surface area contributed by atoms with Gasteiger partial charge < -0.3 is 33.9 Å². The number of esters is 1. The Morgan fingerprint density at radius 2 is 1.83 bits per heavy atom. The van der Waals surface area contributed by atoms with Crippen LogP contribution >= 0.6 is 0 Å². The Hall–Kier alpha value is -4.48. The number of amides is 1. The largest absolute Gasteiger partial charge is 0.497 e. The number of anilines is 1. The Balaban J connectivity index is 1.39. The zero-order valence-electron chi connectivity index (χ0n) is 28.3. The lowest BCUT2D eigenvalue weighted by molar-refractivity contribution is -0.154. The van der Waals surface area contributed by atoms with Crippen molar-refractivity contribution in [2.24, 2.45) is 13.0 Å². The third-order valence-corrected chi connectivity index (χ3v) is 8.98. The molecule has 2 heterocycles. The third kappa shape index (κ3) is 8.28. The molecule has 1 N–H and O–H groups in total. The SMILES string of the molecule is COc1ccc(CNc2nc(-c3cnn(C)c3COC(=O)N(C)C3CCC3)ccc2O[C@H]2CCC[C@H](C(=O)OC(C)C)C2)c(OC)c1. The predicted octanol–water partition coefficient (Wildman–Crippen LogP) is 6.12. The van der Waals surface area contributed by atoms with Gasteiger partial charge in [0.15, 0.2) is 11.6 Å². The van der Waals surface area contributed by atoms with Crippen LogP contribution in [0.2, 0.25) is 0 Å². The molecule has 2 aliphatic carbocycles. The van der Waals surface area contributed by atoms with Crippen molar-refractivity contribution in [3.8, 4) is 28.5 Å². The minimum atomic E-state index is -0.350. The summed E-state index contributed by atoms with van der Waals surface area (Å²) >= 11 is 0. The number of rotatable bonds is 13. The van der Waals surface area contributed by atoms with E-state index >= 15 is 0 Å². The molecule has 0 radical (unpaired) electrons. The monoisotopic (exact) mass is 649 g/mol. The number of hydrogen-bond donors (Lipinski definition) is 1. The van der Waals surface area contributed by atoms with Crippen molar-refractivity contribution >= 4 is 17.9 Å². The molecule has 47 heavy (non-hydrogen) atoms. The number of carbonyl (C=O) groups is 2. The minimum Gasteiger partial charge on any atom is -0.497 e. The minimum absolute atomic E-state index is 0.0589. The van der Waals surface area contributed by atoms with Crippen molar-refractivity contribution in [3.05, 3.63) is 47.8 Å². The van der Waals surface area contributed by atoms with Crippen LogP contribution < -0.4 is 19.5 Å². The smallest absolute Gasteiger partial charge is 0.410 e. The van der Waals surface area contributed by atoms with E-state index in [9.17, 15) is 9.59 Å². The summed E-state index contributed by atoms with van der Waals surface area (Å²) in [7, 11) is 6.84. The molecule has 0 spiro atoms. The quantitative estimate of drug-likeness (QED) is 0.216. The normalized spacial score (nSPS) is 17.9. The molecule has 1 amide bonds. The summed E-state index contributed by atoms with van der Waals surface area (Å²) in [6.07, 6.45) is 7.25. The molecule has 0 unspecified atom stereocenters. The van der Waals surface area contributed by atoms with Crippen LogP contribution in [0.3, 0.4) is 0 Å². The second-order valence-electron chi connectivity index (χ2n) is 12.5. The van der Waals surface area contributed by atoms with Crippen molar-refractivity contribution in [1.29, 1.82) is 0 Å². The Morgan fingerprint density at radius 1 is 1.04 bits per heavy atom. The Morgan fingerprint density at radius 3 is 2.53 bits per heavy atom. The number of nitrogens with one attached hydrogen (secondary N) is 1. The number of aromatic nitrogens is 3. The Bertz CT molecular complexity index is 1540. The maximum Gasteiger partial charge on any atom is 0.410 e. The molecule has 12 heteroatoms. The molecular formula is C35H47N5O7. The summed E-state index contributed by atoms with van der Waals surface area (Å²) in [4.78, 5) is 32.1. The third-order valence-electron chi connectivity index (χ3n) is 8.98. The lowest BCUT2D eigenvalue weighted by Gasteiger charge is -2.33. The van der Waals surface area contributed by atoms with E-state index < -0.39 is 0 Å². The van der Waals surface area contributed by atoms with Crippen LogP contribution in [0.15, 0.2) is 36.5 Å². The van der Waals surface area contributed by atoms with E-state index in [1.807, 2.05) is 51.2 Å². The number of ether oxygens (including phenoxy) is 5. The standard InChI is InChI=1S/C35H47N5O7/c1-22(2)46-34(41)23-9-7-12-27(17-23)47-31-16-15-29(38-33(31)36-19-24-13-14-26(43-5)18-32(24)44-6)28-20-37-40(4)30(28)21-45-35(42)39(3)25-10-8-11-25/h13-16,18,20,22-23,25,27H,7-12,17,19,21H2,1-6H3,(H,36,38)/t23-,27-/m0/s1. The van der Waals surface area contributed by atoms with Gasteiger partial charge in [-0.05, 0) is 83.1 Å². The molecule has 2 atom stereocenters. The van der Waals surface area contributed by atoms with Gasteiger partial charge in [-0.1, -0.05) is 0 Å². The number of carbonyl (C=O) groups excluding carboxylic acids is 2. The second-order valence-corrected chi connectivity index (χ2v) is 12.5. The van der Waals surface area contributed by atoms with Crippen LogP contribution in [-0.4, -0.2) is 71.2 Å². The molecule has 254 valence electrons. The van der Waals surface area contributed by atoms with Gasteiger partial charge in [0.05, 0.1) is 49.9 Å². The molecule has 0 bridgehead atoms. The zero-order chi connectivity index (χ0) is 33.5. The van der Waals surface area contributed by atoms with Crippen molar-refractivity contribution in [2.75, 3.05) is 26.6 Å². The molecule has 2 fully saturated rings. The van der Waals surface area contributed by atoms with Crippen LogP contribution in [0.4, 0.5) is 10.6 Å². The fourth-order valence-corrected chi connectivity index (χ4v) is 5.97. The van der Waals surface area contributed by atoms with Gasteiger partial charge in [0.1, 0.15) is 18.1 Å². The Kier molecular flexibility index (Phi) is 11.1. The lowest BCUT2D eigenvalue weighted by Crippen LogP contribution is -2.41. The molecule has 2 aliphatic rings. The fraction of sp³-hybridized carbons (Fsp3) is 0.543. The highest BCUT2D eigenvalue weighted by molar-refractivity contribution is 5.73. The average molecular weight is 650 g/mol. The fourth-order valence-electron chi connectivity index (χ4n) is 5.97. The van der Waals surface area contributed by atoms with Gasteiger partial charge >= 0.3 is 12.1 Å². The molecule has 5 rings (SSSR count). The molecular weight excluding hydrogens is 602 g/mol. The number of hydrogen-bond acceptors (Lipinski definition) is 10. The van der Waals surface area contributed by atoms with E-state index in [2.05, 4.69) is 10.4 Å². The number of pyridine rings is 1. The summed E-state index contributed by atoms with van der Waals surface area (Å²) in [6, 6.07) is 9.66. The topological polar surface area (TPSA) is 126 Å². The summed E-state index contributed by atoms with van der Waals surface area (Å²) in [5, 5.41) is 7.90. The van der Waals surface area contributed by atoms with E-state index in [1.165, 1.54) is 0 Å². The van der Waals surface area contributed by atoms with E-state index in [4.69, 9.17) is 28.7 Å². The maximum atomic E-state index is 12.7. The van der Waals surface area contributed by atoms with E-state index in [0.717, 1.165) is 55.3 Å².